The Labute approximate surface area is 159 Å². The van der Waals surface area contributed by atoms with Gasteiger partial charge in [-0.05, 0) is 67.8 Å². The van der Waals surface area contributed by atoms with Gasteiger partial charge in [-0.15, -0.1) is 0 Å². The van der Waals surface area contributed by atoms with Crippen LogP contribution in [0, 0.1) is 0 Å². The third kappa shape index (κ3) is 5.09. The molecule has 1 fully saturated rings. The molecule has 1 aliphatic heterocycles. The van der Waals surface area contributed by atoms with Gasteiger partial charge in [0.15, 0.2) is 5.78 Å². The average molecular weight is 371 g/mol. The minimum atomic E-state index is -0.155. The molecule has 136 valence electrons. The highest BCUT2D eigenvalue weighted by atomic mass is 35.5. The van der Waals surface area contributed by atoms with E-state index in [1.807, 2.05) is 24.3 Å². The van der Waals surface area contributed by atoms with Crippen molar-refractivity contribution < 1.29 is 9.59 Å². The number of hydrogen-bond acceptors (Lipinski definition) is 3. The van der Waals surface area contributed by atoms with Gasteiger partial charge in [0.1, 0.15) is 0 Å². The van der Waals surface area contributed by atoms with Crippen LogP contribution in [-0.4, -0.2) is 24.8 Å². The van der Waals surface area contributed by atoms with Crippen molar-refractivity contribution >= 4 is 34.7 Å². The zero-order chi connectivity index (χ0) is 18.4. The van der Waals surface area contributed by atoms with Crippen LogP contribution in [-0.2, 0) is 4.79 Å². The van der Waals surface area contributed by atoms with Crippen molar-refractivity contribution in [3.8, 4) is 0 Å². The van der Waals surface area contributed by atoms with E-state index in [1.54, 1.807) is 24.3 Å². The van der Waals surface area contributed by atoms with E-state index < -0.39 is 0 Å². The summed E-state index contributed by atoms with van der Waals surface area (Å²) >= 11 is 5.82. The first kappa shape index (κ1) is 18.5. The lowest BCUT2D eigenvalue weighted by atomic mass is 10.1. The van der Waals surface area contributed by atoms with E-state index in [0.29, 0.717) is 10.6 Å². The minimum Gasteiger partial charge on any atom is -0.372 e. The summed E-state index contributed by atoms with van der Waals surface area (Å²) in [5, 5.41) is 3.45. The summed E-state index contributed by atoms with van der Waals surface area (Å²) in [6, 6.07) is 14.6. The number of halogens is 1. The second-order valence-corrected chi connectivity index (χ2v) is 7.01. The number of nitrogens with zero attached hydrogens (tertiary/aromatic N) is 1. The predicted octanol–water partition coefficient (Wildman–Crippen LogP) is 4.93. The quantitative estimate of drug-likeness (QED) is 0.733. The zero-order valence-electron chi connectivity index (χ0n) is 14.7. The molecule has 0 atom stereocenters. The van der Waals surface area contributed by atoms with E-state index in [9.17, 15) is 9.59 Å². The third-order valence-electron chi connectivity index (χ3n) is 4.62. The van der Waals surface area contributed by atoms with Crippen molar-refractivity contribution in [2.24, 2.45) is 0 Å². The van der Waals surface area contributed by atoms with Crippen molar-refractivity contribution in [1.29, 1.82) is 0 Å². The first-order chi connectivity index (χ1) is 12.6. The number of carbonyl (C=O) groups excluding carboxylic acids is 2. The fourth-order valence-electron chi connectivity index (χ4n) is 3.14. The lowest BCUT2D eigenvalue weighted by molar-refractivity contribution is -0.116. The molecule has 0 radical (unpaired) electrons. The molecule has 1 amide bonds. The molecule has 0 aromatic heterocycles. The Morgan fingerprint density at radius 1 is 0.885 bits per heavy atom. The Kier molecular flexibility index (Phi) is 6.29. The van der Waals surface area contributed by atoms with Crippen LogP contribution < -0.4 is 10.2 Å². The maximum absolute atomic E-state index is 12.1. The molecule has 2 aromatic rings. The number of rotatable bonds is 6. The molecule has 0 aliphatic carbocycles. The fraction of sp³-hybridized carbons (Fsp3) is 0.333. The Morgan fingerprint density at radius 2 is 1.54 bits per heavy atom. The van der Waals surface area contributed by atoms with E-state index in [-0.39, 0.29) is 24.5 Å². The van der Waals surface area contributed by atoms with Crippen molar-refractivity contribution in [1.82, 2.24) is 0 Å². The maximum atomic E-state index is 12.1. The van der Waals surface area contributed by atoms with E-state index in [4.69, 9.17) is 11.6 Å². The summed E-state index contributed by atoms with van der Waals surface area (Å²) < 4.78 is 0. The van der Waals surface area contributed by atoms with Gasteiger partial charge in [0, 0.05) is 47.9 Å². The van der Waals surface area contributed by atoms with Crippen molar-refractivity contribution in [3.63, 3.8) is 0 Å². The van der Waals surface area contributed by atoms with Gasteiger partial charge in [0.05, 0.1) is 0 Å². The second-order valence-electron chi connectivity index (χ2n) is 6.57. The van der Waals surface area contributed by atoms with Crippen LogP contribution in [0.4, 0.5) is 11.4 Å². The highest BCUT2D eigenvalue weighted by molar-refractivity contribution is 6.30. The number of amides is 1. The Hall–Kier alpha value is -2.33. The van der Waals surface area contributed by atoms with Gasteiger partial charge in [-0.2, -0.15) is 0 Å². The Bertz CT molecular complexity index is 751. The minimum absolute atomic E-state index is 0.0581. The molecule has 5 heteroatoms. The number of ketones is 1. The summed E-state index contributed by atoms with van der Waals surface area (Å²) in [6.45, 7) is 2.19. The van der Waals surface area contributed by atoms with Crippen LogP contribution in [0.5, 0.6) is 0 Å². The molecule has 0 saturated carbocycles. The summed E-state index contributed by atoms with van der Waals surface area (Å²) in [5.74, 6) is -0.213. The smallest absolute Gasteiger partial charge is 0.224 e. The van der Waals surface area contributed by atoms with E-state index >= 15 is 0 Å². The topological polar surface area (TPSA) is 49.4 Å². The Morgan fingerprint density at radius 3 is 2.19 bits per heavy atom. The van der Waals surface area contributed by atoms with Gasteiger partial charge < -0.3 is 10.2 Å². The van der Waals surface area contributed by atoms with E-state index in [0.717, 1.165) is 18.8 Å². The predicted molar refractivity (Wildman–Crippen MR) is 106 cm³/mol. The largest absolute Gasteiger partial charge is 0.372 e. The molecule has 1 aliphatic rings. The SMILES string of the molecule is O=C(CCC(=O)c1ccc(Cl)cc1)Nc1ccc(N2CCCCC2)cc1. The van der Waals surface area contributed by atoms with Crippen LogP contribution in [0.25, 0.3) is 0 Å². The number of nitrogens with one attached hydrogen (secondary N) is 1. The van der Waals surface area contributed by atoms with Gasteiger partial charge in [-0.3, -0.25) is 9.59 Å². The molecule has 1 heterocycles. The highest BCUT2D eigenvalue weighted by Crippen LogP contribution is 2.22. The van der Waals surface area contributed by atoms with Crippen molar-refractivity contribution in [2.75, 3.05) is 23.3 Å². The summed E-state index contributed by atoms with van der Waals surface area (Å²) in [6.07, 6.45) is 4.12. The van der Waals surface area contributed by atoms with Crippen LogP contribution in [0.3, 0.4) is 0 Å². The number of piperidine rings is 1. The fourth-order valence-corrected chi connectivity index (χ4v) is 3.26. The number of carbonyl (C=O) groups is 2. The molecule has 4 nitrogen and oxygen atoms in total. The molecule has 1 saturated heterocycles. The van der Waals surface area contributed by atoms with Crippen LogP contribution >= 0.6 is 11.6 Å². The summed E-state index contributed by atoms with van der Waals surface area (Å²) in [7, 11) is 0. The molecule has 0 spiro atoms. The van der Waals surface area contributed by atoms with Crippen LogP contribution in [0.1, 0.15) is 42.5 Å². The first-order valence-corrected chi connectivity index (χ1v) is 9.43. The summed E-state index contributed by atoms with van der Waals surface area (Å²) in [5.41, 5.74) is 2.53. The van der Waals surface area contributed by atoms with Crippen LogP contribution in [0.2, 0.25) is 5.02 Å². The molecule has 0 bridgehead atoms. The van der Waals surface area contributed by atoms with E-state index in [2.05, 4.69) is 10.2 Å². The van der Waals surface area contributed by atoms with Gasteiger partial charge in [-0.1, -0.05) is 11.6 Å². The monoisotopic (exact) mass is 370 g/mol. The number of hydrogen-bond donors (Lipinski definition) is 1. The van der Waals surface area contributed by atoms with Gasteiger partial charge in [0.25, 0.3) is 0 Å². The number of Topliss-reactive ketones (excluding diaryl/α,β-unsaturated/α-hetero) is 1. The lowest BCUT2D eigenvalue weighted by Gasteiger charge is -2.28. The summed E-state index contributed by atoms with van der Waals surface area (Å²) in [4.78, 5) is 26.6. The number of anilines is 2. The van der Waals surface area contributed by atoms with Gasteiger partial charge >= 0.3 is 0 Å². The van der Waals surface area contributed by atoms with Crippen molar-refractivity contribution in [3.05, 3.63) is 59.1 Å². The molecule has 3 rings (SSSR count). The number of benzene rings is 2. The third-order valence-corrected chi connectivity index (χ3v) is 4.87. The molecule has 0 unspecified atom stereocenters. The van der Waals surface area contributed by atoms with Gasteiger partial charge in [0.2, 0.25) is 5.91 Å². The second kappa shape index (κ2) is 8.86. The van der Waals surface area contributed by atoms with E-state index in [1.165, 1.54) is 24.9 Å². The first-order valence-electron chi connectivity index (χ1n) is 9.05. The average Bonchev–Trinajstić information content (AvgIpc) is 2.68. The standard InChI is InChI=1S/C21H23ClN2O2/c22-17-6-4-16(5-7-17)20(25)12-13-21(26)23-18-8-10-19(11-9-18)24-14-2-1-3-15-24/h4-11H,1-3,12-15H2,(H,23,26). The zero-order valence-corrected chi connectivity index (χ0v) is 15.5. The highest BCUT2D eigenvalue weighted by Gasteiger charge is 2.12. The Balaban J connectivity index is 1.48. The molecule has 2 aromatic carbocycles. The molecular weight excluding hydrogens is 348 g/mol. The molecule has 1 N–H and O–H groups in total. The molecule has 26 heavy (non-hydrogen) atoms. The van der Waals surface area contributed by atoms with Gasteiger partial charge in [-0.25, -0.2) is 0 Å². The van der Waals surface area contributed by atoms with Crippen molar-refractivity contribution in [2.45, 2.75) is 32.1 Å². The lowest BCUT2D eigenvalue weighted by Crippen LogP contribution is -2.29. The maximum Gasteiger partial charge on any atom is 0.224 e. The normalized spacial score (nSPS) is 14.1. The molecular formula is C21H23ClN2O2. The van der Waals surface area contributed by atoms with Crippen LogP contribution in [0.15, 0.2) is 48.5 Å².